The maximum Gasteiger partial charge on any atom is 0.221 e. The van der Waals surface area contributed by atoms with Gasteiger partial charge in [-0.25, -0.2) is 0 Å². The number of benzene rings is 1. The van der Waals surface area contributed by atoms with Crippen LogP contribution in [0.15, 0.2) is 34.5 Å². The molecule has 0 aromatic heterocycles. The van der Waals surface area contributed by atoms with Gasteiger partial charge < -0.3 is 5.32 Å². The summed E-state index contributed by atoms with van der Waals surface area (Å²) >= 11 is 0. The number of hydrogen-bond donors (Lipinski definition) is 1. The van der Waals surface area contributed by atoms with Gasteiger partial charge >= 0.3 is 0 Å². The summed E-state index contributed by atoms with van der Waals surface area (Å²) < 4.78 is 0. The van der Waals surface area contributed by atoms with Crippen LogP contribution in [0.1, 0.15) is 33.1 Å². The molecular formula is C13H19N3O. The van der Waals surface area contributed by atoms with Crippen molar-refractivity contribution in [2.24, 2.45) is 10.2 Å². The van der Waals surface area contributed by atoms with E-state index in [1.165, 1.54) is 19.8 Å². The van der Waals surface area contributed by atoms with E-state index in [0.717, 1.165) is 24.3 Å². The number of anilines is 1. The Morgan fingerprint density at radius 1 is 1.24 bits per heavy atom. The Kier molecular flexibility index (Phi) is 5.93. The van der Waals surface area contributed by atoms with Crippen LogP contribution in [0, 0.1) is 0 Å². The van der Waals surface area contributed by atoms with E-state index in [4.69, 9.17) is 0 Å². The van der Waals surface area contributed by atoms with E-state index in [-0.39, 0.29) is 5.91 Å². The van der Waals surface area contributed by atoms with Gasteiger partial charge in [0.15, 0.2) is 0 Å². The van der Waals surface area contributed by atoms with Crippen LogP contribution in [-0.4, -0.2) is 12.5 Å². The zero-order chi connectivity index (χ0) is 12.5. The van der Waals surface area contributed by atoms with Crippen LogP contribution in [0.5, 0.6) is 0 Å². The van der Waals surface area contributed by atoms with Crippen LogP contribution in [0.3, 0.4) is 0 Å². The number of hydrogen-bond acceptors (Lipinski definition) is 3. The van der Waals surface area contributed by atoms with Crippen LogP contribution in [0.4, 0.5) is 11.4 Å². The van der Waals surface area contributed by atoms with Gasteiger partial charge in [-0.1, -0.05) is 19.8 Å². The molecule has 17 heavy (non-hydrogen) atoms. The van der Waals surface area contributed by atoms with Crippen LogP contribution < -0.4 is 5.32 Å². The van der Waals surface area contributed by atoms with Crippen molar-refractivity contribution in [3.63, 3.8) is 0 Å². The monoisotopic (exact) mass is 233 g/mol. The van der Waals surface area contributed by atoms with Gasteiger partial charge in [0, 0.05) is 12.6 Å². The highest BCUT2D eigenvalue weighted by molar-refractivity contribution is 5.88. The van der Waals surface area contributed by atoms with Gasteiger partial charge in [0.25, 0.3) is 0 Å². The average Bonchev–Trinajstić information content (AvgIpc) is 2.30. The van der Waals surface area contributed by atoms with Gasteiger partial charge in [-0.15, -0.1) is 0 Å². The molecule has 0 spiro atoms. The Morgan fingerprint density at radius 2 is 1.94 bits per heavy atom. The van der Waals surface area contributed by atoms with Crippen molar-refractivity contribution in [3.8, 4) is 0 Å². The molecule has 0 aliphatic carbocycles. The molecule has 0 fully saturated rings. The third kappa shape index (κ3) is 5.80. The first-order chi connectivity index (χ1) is 8.22. The molecule has 0 atom stereocenters. The number of unbranched alkanes of at least 4 members (excludes halogenated alkanes) is 2. The minimum absolute atomic E-state index is 0.0704. The SMILES string of the molecule is CCCCC/N=N/c1ccc(NC(C)=O)cc1. The maximum absolute atomic E-state index is 10.8. The first-order valence-corrected chi connectivity index (χ1v) is 5.97. The second-order valence-electron chi connectivity index (χ2n) is 3.90. The minimum Gasteiger partial charge on any atom is -0.326 e. The number of amides is 1. The molecule has 4 nitrogen and oxygen atoms in total. The molecule has 1 rings (SSSR count). The quantitative estimate of drug-likeness (QED) is 0.587. The molecule has 0 bridgehead atoms. The van der Waals surface area contributed by atoms with Crippen molar-refractivity contribution in [3.05, 3.63) is 24.3 Å². The van der Waals surface area contributed by atoms with E-state index < -0.39 is 0 Å². The van der Waals surface area contributed by atoms with Gasteiger partial charge in [0.2, 0.25) is 5.91 Å². The van der Waals surface area contributed by atoms with Crippen LogP contribution in [0.2, 0.25) is 0 Å². The van der Waals surface area contributed by atoms with Gasteiger partial charge in [-0.3, -0.25) is 4.79 Å². The third-order valence-corrected chi connectivity index (χ3v) is 2.24. The van der Waals surface area contributed by atoms with E-state index in [1.807, 2.05) is 24.3 Å². The lowest BCUT2D eigenvalue weighted by molar-refractivity contribution is -0.114. The highest BCUT2D eigenvalue weighted by atomic mass is 16.1. The molecule has 0 aliphatic heterocycles. The highest BCUT2D eigenvalue weighted by Gasteiger charge is 1.95. The molecule has 4 heteroatoms. The van der Waals surface area contributed by atoms with Crippen molar-refractivity contribution in [1.29, 1.82) is 0 Å². The Balaban J connectivity index is 2.42. The molecule has 0 radical (unpaired) electrons. The zero-order valence-electron chi connectivity index (χ0n) is 10.4. The summed E-state index contributed by atoms with van der Waals surface area (Å²) in [6, 6.07) is 7.33. The van der Waals surface area contributed by atoms with Gasteiger partial charge in [-0.05, 0) is 30.7 Å². The van der Waals surface area contributed by atoms with E-state index in [9.17, 15) is 4.79 Å². The number of azo groups is 1. The molecule has 1 amide bonds. The molecule has 1 aromatic rings. The molecule has 0 unspecified atom stereocenters. The van der Waals surface area contributed by atoms with Gasteiger partial charge in [0.1, 0.15) is 0 Å². The third-order valence-electron chi connectivity index (χ3n) is 2.24. The summed E-state index contributed by atoms with van der Waals surface area (Å²) in [5.41, 5.74) is 1.60. The fourth-order valence-electron chi connectivity index (χ4n) is 1.38. The Labute approximate surface area is 102 Å². The average molecular weight is 233 g/mol. The lowest BCUT2D eigenvalue weighted by Crippen LogP contribution is -2.04. The predicted octanol–water partition coefficient (Wildman–Crippen LogP) is 3.92. The van der Waals surface area contributed by atoms with E-state index >= 15 is 0 Å². The molecule has 92 valence electrons. The molecule has 0 heterocycles. The Morgan fingerprint density at radius 3 is 2.53 bits per heavy atom. The number of carbonyl (C=O) groups is 1. The summed E-state index contributed by atoms with van der Waals surface area (Å²) in [5, 5.41) is 10.9. The molecule has 0 saturated heterocycles. The first-order valence-electron chi connectivity index (χ1n) is 5.97. The van der Waals surface area contributed by atoms with E-state index in [1.54, 1.807) is 0 Å². The van der Waals surface area contributed by atoms with Crippen molar-refractivity contribution in [2.45, 2.75) is 33.1 Å². The molecular weight excluding hydrogens is 214 g/mol. The van der Waals surface area contributed by atoms with Crippen molar-refractivity contribution >= 4 is 17.3 Å². The van der Waals surface area contributed by atoms with Gasteiger partial charge in [-0.2, -0.15) is 10.2 Å². The normalized spacial score (nSPS) is 10.7. The summed E-state index contributed by atoms with van der Waals surface area (Å²) in [4.78, 5) is 10.8. The molecule has 0 saturated carbocycles. The second kappa shape index (κ2) is 7.54. The number of carbonyl (C=O) groups excluding carboxylic acids is 1. The second-order valence-corrected chi connectivity index (χ2v) is 3.90. The number of nitrogens with one attached hydrogen (secondary N) is 1. The number of nitrogens with zero attached hydrogens (tertiary/aromatic N) is 2. The lowest BCUT2D eigenvalue weighted by atomic mass is 10.2. The molecule has 0 aliphatic rings. The fourth-order valence-corrected chi connectivity index (χ4v) is 1.38. The molecule has 1 N–H and O–H groups in total. The van der Waals surface area contributed by atoms with Crippen molar-refractivity contribution in [1.82, 2.24) is 0 Å². The summed E-state index contributed by atoms with van der Waals surface area (Å²) in [5.74, 6) is -0.0704. The van der Waals surface area contributed by atoms with Crippen LogP contribution in [-0.2, 0) is 4.79 Å². The summed E-state index contributed by atoms with van der Waals surface area (Å²) in [6.45, 7) is 4.43. The molecule has 1 aromatic carbocycles. The fraction of sp³-hybridized carbons (Fsp3) is 0.462. The van der Waals surface area contributed by atoms with Crippen LogP contribution in [0.25, 0.3) is 0 Å². The summed E-state index contributed by atoms with van der Waals surface area (Å²) in [6.07, 6.45) is 3.48. The van der Waals surface area contributed by atoms with Gasteiger partial charge in [0.05, 0.1) is 12.2 Å². The van der Waals surface area contributed by atoms with Crippen molar-refractivity contribution in [2.75, 3.05) is 11.9 Å². The maximum atomic E-state index is 10.8. The van der Waals surface area contributed by atoms with E-state index in [0.29, 0.717) is 0 Å². The Bertz CT molecular complexity index is 371. The standard InChI is InChI=1S/C13H19N3O/c1-3-4-5-10-14-16-13-8-6-12(7-9-13)15-11(2)17/h6-9H,3-5,10H2,1-2H3,(H,15,17)/b16-14+. The topological polar surface area (TPSA) is 53.8 Å². The zero-order valence-corrected chi connectivity index (χ0v) is 10.4. The largest absolute Gasteiger partial charge is 0.326 e. The Hall–Kier alpha value is -1.71. The smallest absolute Gasteiger partial charge is 0.221 e. The van der Waals surface area contributed by atoms with E-state index in [2.05, 4.69) is 22.5 Å². The first kappa shape index (κ1) is 13.4. The predicted molar refractivity (Wildman–Crippen MR) is 69.7 cm³/mol. The number of rotatable bonds is 6. The van der Waals surface area contributed by atoms with Crippen molar-refractivity contribution < 1.29 is 4.79 Å². The summed E-state index contributed by atoms with van der Waals surface area (Å²) in [7, 11) is 0. The lowest BCUT2D eigenvalue weighted by Gasteiger charge is -2.00. The van der Waals surface area contributed by atoms with Crippen LogP contribution >= 0.6 is 0 Å². The highest BCUT2D eigenvalue weighted by Crippen LogP contribution is 2.16. The minimum atomic E-state index is -0.0704.